The Morgan fingerprint density at radius 3 is 2.09 bits per heavy atom. The van der Waals surface area contributed by atoms with Gasteiger partial charge < -0.3 is 63.6 Å². The van der Waals surface area contributed by atoms with Gasteiger partial charge in [0, 0.05) is 75.5 Å². The van der Waals surface area contributed by atoms with Crippen molar-refractivity contribution in [3.8, 4) is 0 Å². The average molecular weight is 1050 g/mol. The molecule has 0 saturated carbocycles. The number of halogens is 3. The fraction of sp³-hybridized carbons (Fsp3) is 0.480. The number of guanidine groups is 1. The van der Waals surface area contributed by atoms with Crippen LogP contribution in [0.5, 0.6) is 0 Å². The Hall–Kier alpha value is -7.99. The lowest BCUT2D eigenvalue weighted by atomic mass is 9.98. The van der Waals surface area contributed by atoms with Gasteiger partial charge in [-0.25, -0.2) is 4.98 Å². The zero-order valence-corrected chi connectivity index (χ0v) is 41.8. The van der Waals surface area contributed by atoms with Gasteiger partial charge in [-0.3, -0.25) is 43.8 Å². The third-order valence-electron chi connectivity index (χ3n) is 12.4. The van der Waals surface area contributed by atoms with Crippen LogP contribution in [0.1, 0.15) is 94.0 Å². The number of carbonyl (C=O) groups is 8. The van der Waals surface area contributed by atoms with Crippen molar-refractivity contribution < 1.29 is 51.5 Å². The van der Waals surface area contributed by atoms with E-state index in [9.17, 15) is 51.5 Å². The lowest BCUT2D eigenvalue weighted by Gasteiger charge is -2.28. The molecule has 0 aliphatic carbocycles. The van der Waals surface area contributed by atoms with Crippen molar-refractivity contribution in [2.24, 2.45) is 5.73 Å². The number of benzene rings is 2. The van der Waals surface area contributed by atoms with Crippen molar-refractivity contribution in [2.45, 2.75) is 133 Å². The standard InChI is InChI=1S/C50H67F3N14O8/c1-3-4-15-36(62-29(2)68)44(71)64-38-18-19-42(69)57-20-9-10-21-58-43(70)39(24-31-26-60-35-16-8-6-13-33(31)35)65-45(72)37(17-11-22-59-49(54)55)63-47(74)40(23-30-12-5-7-14-34(30)50(51,52)53)66-48(75)41(67-46(38)73)25-32-27-56-28-61-32/h5-8,12-14,16,26-28,36-41,60H,3-4,9-11,15,17-25H2,1-2H3,(H,56,61)(H,57,69)(H,58,70)(H,62,68)(H,63,74)(H,64,71)(H,65,72)(H,66,75)(H,67,73)(H4,54,55,59)/t36-,37-,38-,39-,40+,41-/m0/s1. The van der Waals surface area contributed by atoms with Crippen LogP contribution in [0.3, 0.4) is 0 Å². The molecule has 5 rings (SSSR count). The number of fused-ring (bicyclic) bond motifs is 1. The predicted octanol–water partition coefficient (Wildman–Crippen LogP) is 1.13. The van der Waals surface area contributed by atoms with Gasteiger partial charge in [0.1, 0.15) is 36.3 Å². The fourth-order valence-electron chi connectivity index (χ4n) is 8.48. The topological polar surface area (TPSA) is 339 Å². The number of aromatic amines is 2. The van der Waals surface area contributed by atoms with E-state index in [1.807, 2.05) is 31.2 Å². The van der Waals surface area contributed by atoms with E-state index in [1.54, 1.807) is 6.20 Å². The maximum atomic E-state index is 14.7. The number of para-hydroxylation sites is 1. The molecule has 75 heavy (non-hydrogen) atoms. The monoisotopic (exact) mass is 1050 g/mol. The van der Waals surface area contributed by atoms with E-state index in [0.717, 1.165) is 29.1 Å². The molecule has 406 valence electrons. The van der Waals surface area contributed by atoms with Gasteiger partial charge in [-0.2, -0.15) is 13.2 Å². The van der Waals surface area contributed by atoms with E-state index in [0.29, 0.717) is 31.2 Å². The zero-order valence-electron chi connectivity index (χ0n) is 41.8. The van der Waals surface area contributed by atoms with Crippen molar-refractivity contribution in [1.82, 2.24) is 62.8 Å². The summed E-state index contributed by atoms with van der Waals surface area (Å²) in [6.07, 6.45) is -0.115. The van der Waals surface area contributed by atoms with E-state index >= 15 is 0 Å². The first-order chi connectivity index (χ1) is 35.8. The minimum atomic E-state index is -4.91. The van der Waals surface area contributed by atoms with E-state index in [-0.39, 0.29) is 76.2 Å². The number of rotatable bonds is 16. The normalized spacial score (nSPS) is 20.5. The highest BCUT2D eigenvalue weighted by molar-refractivity contribution is 5.97. The number of aromatic nitrogens is 3. The third kappa shape index (κ3) is 18.5. The van der Waals surface area contributed by atoms with Crippen LogP contribution < -0.4 is 53.6 Å². The first kappa shape index (κ1) is 57.9. The van der Waals surface area contributed by atoms with Crippen LogP contribution in [0.4, 0.5) is 13.2 Å². The number of nitrogens with two attached hydrogens (primary N) is 1. The minimum Gasteiger partial charge on any atom is -0.370 e. The van der Waals surface area contributed by atoms with E-state index in [4.69, 9.17) is 11.1 Å². The number of nitrogens with zero attached hydrogens (tertiary/aromatic N) is 1. The smallest absolute Gasteiger partial charge is 0.370 e. The molecule has 3 heterocycles. The second-order valence-electron chi connectivity index (χ2n) is 18.3. The summed E-state index contributed by atoms with van der Waals surface area (Å²) in [5, 5.41) is 32.2. The number of nitrogens with one attached hydrogen (secondary N) is 12. The van der Waals surface area contributed by atoms with Crippen LogP contribution in [0.15, 0.2) is 67.3 Å². The lowest BCUT2D eigenvalue weighted by Crippen LogP contribution is -2.60. The number of hydrogen-bond acceptors (Lipinski definition) is 10. The van der Waals surface area contributed by atoms with Crippen LogP contribution in [0.2, 0.25) is 0 Å². The fourth-order valence-corrected chi connectivity index (χ4v) is 8.48. The van der Waals surface area contributed by atoms with Gasteiger partial charge in [0.15, 0.2) is 5.96 Å². The largest absolute Gasteiger partial charge is 0.416 e. The number of amides is 8. The molecule has 22 nitrogen and oxygen atoms in total. The molecular formula is C50H67F3N14O8. The molecule has 0 bridgehead atoms. The summed E-state index contributed by atoms with van der Waals surface area (Å²) < 4.78 is 43.6. The van der Waals surface area contributed by atoms with Crippen molar-refractivity contribution in [3.63, 3.8) is 0 Å². The summed E-state index contributed by atoms with van der Waals surface area (Å²) >= 11 is 0. The van der Waals surface area contributed by atoms with Crippen molar-refractivity contribution in [3.05, 3.63) is 89.6 Å². The highest BCUT2D eigenvalue weighted by atomic mass is 19.4. The molecular weight excluding hydrogens is 982 g/mol. The molecule has 1 saturated heterocycles. The number of alkyl halides is 3. The summed E-state index contributed by atoms with van der Waals surface area (Å²) in [4.78, 5) is 121. The first-order valence-electron chi connectivity index (χ1n) is 24.9. The van der Waals surface area contributed by atoms with E-state index in [1.165, 1.54) is 25.5 Å². The van der Waals surface area contributed by atoms with Gasteiger partial charge in [0.05, 0.1) is 17.6 Å². The van der Waals surface area contributed by atoms with Crippen LogP contribution >= 0.6 is 0 Å². The van der Waals surface area contributed by atoms with Gasteiger partial charge in [-0.15, -0.1) is 0 Å². The number of unbranched alkanes of at least 4 members (excludes halogenated alkanes) is 1. The maximum absolute atomic E-state index is 14.7. The Kier molecular flexibility index (Phi) is 22.0. The molecule has 14 N–H and O–H groups in total. The van der Waals surface area contributed by atoms with E-state index in [2.05, 4.69) is 62.8 Å². The van der Waals surface area contributed by atoms with Crippen LogP contribution in [-0.2, 0) is 63.8 Å². The predicted molar refractivity (Wildman–Crippen MR) is 270 cm³/mol. The lowest BCUT2D eigenvalue weighted by molar-refractivity contribution is -0.139. The van der Waals surface area contributed by atoms with Crippen LogP contribution in [-0.4, -0.2) is 124 Å². The van der Waals surface area contributed by atoms with Crippen molar-refractivity contribution in [1.29, 1.82) is 5.41 Å². The number of H-pyrrole nitrogens is 2. The molecule has 1 aliphatic rings. The van der Waals surface area contributed by atoms with Gasteiger partial charge in [-0.05, 0) is 61.8 Å². The molecule has 2 aromatic carbocycles. The number of carbonyl (C=O) groups excluding carboxylic acids is 8. The van der Waals surface area contributed by atoms with Crippen LogP contribution in [0, 0.1) is 5.41 Å². The summed E-state index contributed by atoms with van der Waals surface area (Å²) in [5.74, 6) is -6.74. The third-order valence-corrected chi connectivity index (χ3v) is 12.4. The van der Waals surface area contributed by atoms with Crippen LogP contribution in [0.25, 0.3) is 10.9 Å². The molecule has 6 atom stereocenters. The molecule has 1 aliphatic heterocycles. The number of hydrogen-bond donors (Lipinski definition) is 13. The van der Waals surface area contributed by atoms with Gasteiger partial charge in [0.25, 0.3) is 0 Å². The molecule has 25 heteroatoms. The van der Waals surface area contributed by atoms with E-state index < -0.39 is 107 Å². The quantitative estimate of drug-likeness (QED) is 0.0429. The SMILES string of the molecule is CCCC[C@H](NC(C)=O)C(=O)N[C@H]1CCC(=O)NCCCCNC(=O)[C@H](Cc2c[nH]c3ccccc23)NC(=O)[C@H](CCCNC(=N)N)NC(=O)[C@@H](Cc2ccccc2C(F)(F)F)NC(=O)[C@H](Cc2c[nH]cn2)NC1=O. The average Bonchev–Trinajstić information content (AvgIpc) is 4.04. The summed E-state index contributed by atoms with van der Waals surface area (Å²) in [6.45, 7) is 3.44. The molecule has 0 spiro atoms. The zero-order chi connectivity index (χ0) is 54.5. The Morgan fingerprint density at radius 2 is 1.41 bits per heavy atom. The Balaban J connectivity index is 1.56. The highest BCUT2D eigenvalue weighted by Gasteiger charge is 2.37. The van der Waals surface area contributed by atoms with Gasteiger partial charge in [0.2, 0.25) is 47.3 Å². The van der Waals surface area contributed by atoms with Gasteiger partial charge >= 0.3 is 6.18 Å². The molecule has 4 aromatic rings. The Bertz CT molecular complexity index is 2610. The highest BCUT2D eigenvalue weighted by Crippen LogP contribution is 2.32. The van der Waals surface area contributed by atoms with Crippen molar-refractivity contribution >= 4 is 64.1 Å². The maximum Gasteiger partial charge on any atom is 0.416 e. The summed E-state index contributed by atoms with van der Waals surface area (Å²) in [6, 6.07) is 2.92. The second-order valence-corrected chi connectivity index (χ2v) is 18.3. The minimum absolute atomic E-state index is 0.0195. The Labute approximate surface area is 431 Å². The van der Waals surface area contributed by atoms with Crippen molar-refractivity contribution in [2.75, 3.05) is 19.6 Å². The Morgan fingerprint density at radius 1 is 0.787 bits per heavy atom. The number of imidazole rings is 1. The molecule has 2 aromatic heterocycles. The molecule has 8 amide bonds. The molecule has 0 radical (unpaired) electrons. The first-order valence-corrected chi connectivity index (χ1v) is 24.9. The summed E-state index contributed by atoms with van der Waals surface area (Å²) in [7, 11) is 0. The summed E-state index contributed by atoms with van der Waals surface area (Å²) in [5.41, 5.74) is 5.63. The molecule has 0 unspecified atom stereocenters. The molecule has 1 fully saturated rings. The second kappa shape index (κ2) is 28.5. The van der Waals surface area contributed by atoms with Gasteiger partial charge in [-0.1, -0.05) is 56.2 Å².